The van der Waals surface area contributed by atoms with E-state index in [4.69, 9.17) is 4.98 Å². The molecule has 0 bridgehead atoms. The molecule has 2 heterocycles. The van der Waals surface area contributed by atoms with Gasteiger partial charge in [-0.2, -0.15) is 0 Å². The van der Waals surface area contributed by atoms with Crippen molar-refractivity contribution in [3.8, 4) is 22.5 Å². The summed E-state index contributed by atoms with van der Waals surface area (Å²) in [5.41, 5.74) is 6.80. The monoisotopic (exact) mass is 332 g/mol. The minimum Gasteiger partial charge on any atom is -0.296 e. The number of rotatable bonds is 3. The predicted octanol–water partition coefficient (Wildman–Crippen LogP) is 5.16. The summed E-state index contributed by atoms with van der Waals surface area (Å²) in [4.78, 5) is 17.4. The molecular weight excluding hydrogens is 316 g/mol. The van der Waals surface area contributed by atoms with Gasteiger partial charge < -0.3 is 0 Å². The molecule has 0 spiro atoms. The van der Waals surface area contributed by atoms with Gasteiger partial charge in [0.2, 0.25) is 0 Å². The largest absolute Gasteiger partial charge is 0.296 e. The molecular formula is C20H16N2OS. The molecule has 0 unspecified atom stereocenters. The SMILES string of the molecule is Cc1ccc(-c2nc3scc(-c4ccc(C)cc4)n3c2C=O)cc1. The predicted molar refractivity (Wildman–Crippen MR) is 98.8 cm³/mol. The Morgan fingerprint density at radius 1 is 0.917 bits per heavy atom. The van der Waals surface area contributed by atoms with Crippen LogP contribution in [-0.4, -0.2) is 15.7 Å². The number of aromatic nitrogens is 2. The van der Waals surface area contributed by atoms with Gasteiger partial charge in [0.15, 0.2) is 11.2 Å². The first kappa shape index (κ1) is 14.8. The Morgan fingerprint density at radius 2 is 1.50 bits per heavy atom. The molecule has 2 aromatic carbocycles. The van der Waals surface area contributed by atoms with Crippen LogP contribution in [0.3, 0.4) is 0 Å². The average molecular weight is 332 g/mol. The lowest BCUT2D eigenvalue weighted by molar-refractivity contribution is 0.111. The first-order valence-electron chi connectivity index (χ1n) is 7.76. The van der Waals surface area contributed by atoms with Crippen LogP contribution in [0.1, 0.15) is 21.6 Å². The van der Waals surface area contributed by atoms with E-state index in [0.29, 0.717) is 5.69 Å². The third-order valence-electron chi connectivity index (χ3n) is 4.18. The molecule has 4 aromatic rings. The maximum Gasteiger partial charge on any atom is 0.195 e. The van der Waals surface area contributed by atoms with Crippen molar-refractivity contribution in [1.29, 1.82) is 0 Å². The van der Waals surface area contributed by atoms with Crippen molar-refractivity contribution in [2.45, 2.75) is 13.8 Å². The van der Waals surface area contributed by atoms with Crippen LogP contribution in [0.5, 0.6) is 0 Å². The maximum atomic E-state index is 11.8. The lowest BCUT2D eigenvalue weighted by atomic mass is 10.1. The number of fused-ring (bicyclic) bond motifs is 1. The molecule has 0 fully saturated rings. The van der Waals surface area contributed by atoms with Gasteiger partial charge >= 0.3 is 0 Å². The van der Waals surface area contributed by atoms with E-state index in [2.05, 4.69) is 36.6 Å². The summed E-state index contributed by atoms with van der Waals surface area (Å²) in [6, 6.07) is 16.4. The standard InChI is InChI=1S/C20H16N2OS/c1-13-3-7-15(8-4-13)18-12-24-20-21-19(17(11-23)22(18)20)16-9-5-14(2)6-10-16/h3-12H,1-2H3. The van der Waals surface area contributed by atoms with Crippen LogP contribution in [0.25, 0.3) is 27.5 Å². The highest BCUT2D eigenvalue weighted by Crippen LogP contribution is 2.32. The minimum absolute atomic E-state index is 0.602. The van der Waals surface area contributed by atoms with Crippen molar-refractivity contribution in [3.63, 3.8) is 0 Å². The van der Waals surface area contributed by atoms with Crippen LogP contribution in [-0.2, 0) is 0 Å². The number of imidazole rings is 1. The summed E-state index contributed by atoms with van der Waals surface area (Å²) in [5.74, 6) is 0. The Balaban J connectivity index is 1.94. The van der Waals surface area contributed by atoms with E-state index in [1.54, 1.807) is 11.3 Å². The normalized spacial score (nSPS) is 11.1. The summed E-state index contributed by atoms with van der Waals surface area (Å²) in [5, 5.41) is 2.05. The highest BCUT2D eigenvalue weighted by molar-refractivity contribution is 7.15. The molecule has 3 nitrogen and oxygen atoms in total. The number of nitrogens with zero attached hydrogens (tertiary/aromatic N) is 2. The minimum atomic E-state index is 0.602. The fourth-order valence-electron chi connectivity index (χ4n) is 2.84. The number of benzene rings is 2. The van der Waals surface area contributed by atoms with E-state index in [1.165, 1.54) is 11.1 Å². The molecule has 0 saturated carbocycles. The first-order chi connectivity index (χ1) is 11.7. The highest BCUT2D eigenvalue weighted by atomic mass is 32.1. The van der Waals surface area contributed by atoms with Gasteiger partial charge in [0.1, 0.15) is 11.4 Å². The van der Waals surface area contributed by atoms with E-state index >= 15 is 0 Å². The Hall–Kier alpha value is -2.72. The molecule has 0 aliphatic carbocycles. The third kappa shape index (κ3) is 2.36. The molecule has 4 rings (SSSR count). The second kappa shape index (κ2) is 5.73. The smallest absolute Gasteiger partial charge is 0.195 e. The lowest BCUT2D eigenvalue weighted by Gasteiger charge is -2.03. The summed E-state index contributed by atoms with van der Waals surface area (Å²) in [6.45, 7) is 4.11. The first-order valence-corrected chi connectivity index (χ1v) is 8.64. The van der Waals surface area contributed by atoms with E-state index in [-0.39, 0.29) is 0 Å². The van der Waals surface area contributed by atoms with E-state index in [0.717, 1.165) is 33.8 Å². The van der Waals surface area contributed by atoms with Crippen molar-refractivity contribution < 1.29 is 4.79 Å². The molecule has 4 heteroatoms. The molecule has 2 aromatic heterocycles. The fourth-order valence-corrected chi connectivity index (χ4v) is 3.74. The molecule has 0 atom stereocenters. The number of hydrogen-bond donors (Lipinski definition) is 0. The van der Waals surface area contributed by atoms with Crippen LogP contribution in [0, 0.1) is 13.8 Å². The van der Waals surface area contributed by atoms with E-state index < -0.39 is 0 Å². The van der Waals surface area contributed by atoms with Crippen LogP contribution >= 0.6 is 11.3 Å². The van der Waals surface area contributed by atoms with Crippen LogP contribution in [0.4, 0.5) is 0 Å². The molecule has 118 valence electrons. The highest BCUT2D eigenvalue weighted by Gasteiger charge is 2.18. The van der Waals surface area contributed by atoms with Gasteiger partial charge in [-0.15, -0.1) is 11.3 Å². The lowest BCUT2D eigenvalue weighted by Crippen LogP contribution is -1.94. The molecule has 0 radical (unpaired) electrons. The van der Waals surface area contributed by atoms with Gasteiger partial charge in [0, 0.05) is 10.9 Å². The summed E-state index contributed by atoms with van der Waals surface area (Å²) >= 11 is 1.55. The zero-order valence-electron chi connectivity index (χ0n) is 13.5. The topological polar surface area (TPSA) is 34.4 Å². The zero-order chi connectivity index (χ0) is 16.7. The van der Waals surface area contributed by atoms with Gasteiger partial charge in [-0.25, -0.2) is 4.98 Å². The number of hydrogen-bond acceptors (Lipinski definition) is 3. The van der Waals surface area contributed by atoms with Crippen molar-refractivity contribution >= 4 is 22.6 Å². The summed E-state index contributed by atoms with van der Waals surface area (Å²) in [6.07, 6.45) is 0.902. The number of carbonyl (C=O) groups excluding carboxylic acids is 1. The quantitative estimate of drug-likeness (QED) is 0.486. The maximum absolute atomic E-state index is 11.8. The van der Waals surface area contributed by atoms with Gasteiger partial charge in [0.25, 0.3) is 0 Å². The Kier molecular flexibility index (Phi) is 3.54. The number of aldehydes is 1. The van der Waals surface area contributed by atoms with Gasteiger partial charge in [0.05, 0.1) is 5.69 Å². The van der Waals surface area contributed by atoms with Crippen molar-refractivity contribution in [2.24, 2.45) is 0 Å². The number of thiazole rings is 1. The summed E-state index contributed by atoms with van der Waals surface area (Å²) < 4.78 is 1.96. The van der Waals surface area contributed by atoms with Crippen molar-refractivity contribution in [2.75, 3.05) is 0 Å². The molecule has 0 aliphatic rings. The molecule has 0 amide bonds. The Morgan fingerprint density at radius 3 is 2.08 bits per heavy atom. The third-order valence-corrected chi connectivity index (χ3v) is 5.01. The fraction of sp³-hybridized carbons (Fsp3) is 0.100. The zero-order valence-corrected chi connectivity index (χ0v) is 14.3. The van der Waals surface area contributed by atoms with Crippen molar-refractivity contribution in [1.82, 2.24) is 9.38 Å². The molecule has 0 N–H and O–H groups in total. The Labute approximate surface area is 144 Å². The Bertz CT molecular complexity index is 1020. The molecule has 0 saturated heterocycles. The van der Waals surface area contributed by atoms with Gasteiger partial charge in [-0.1, -0.05) is 59.7 Å². The second-order valence-corrected chi connectivity index (χ2v) is 6.77. The summed E-state index contributed by atoms with van der Waals surface area (Å²) in [7, 11) is 0. The number of carbonyl (C=O) groups is 1. The van der Waals surface area contributed by atoms with Crippen LogP contribution < -0.4 is 0 Å². The van der Waals surface area contributed by atoms with Gasteiger partial charge in [-0.3, -0.25) is 9.20 Å². The van der Waals surface area contributed by atoms with Crippen LogP contribution in [0.15, 0.2) is 53.9 Å². The van der Waals surface area contributed by atoms with Crippen molar-refractivity contribution in [3.05, 3.63) is 70.7 Å². The van der Waals surface area contributed by atoms with E-state index in [1.807, 2.05) is 35.6 Å². The average Bonchev–Trinajstić information content (AvgIpc) is 3.15. The number of aryl methyl sites for hydroxylation is 2. The van der Waals surface area contributed by atoms with Crippen LogP contribution in [0.2, 0.25) is 0 Å². The van der Waals surface area contributed by atoms with Gasteiger partial charge in [-0.05, 0) is 19.4 Å². The van der Waals surface area contributed by atoms with E-state index in [9.17, 15) is 4.79 Å². The molecule has 24 heavy (non-hydrogen) atoms. The molecule has 0 aliphatic heterocycles. The second-order valence-electron chi connectivity index (χ2n) is 5.93.